The third kappa shape index (κ3) is 2.99. The minimum absolute atomic E-state index is 0.291. The first-order valence-electron chi connectivity index (χ1n) is 5.82. The van der Waals surface area contributed by atoms with E-state index in [2.05, 4.69) is 0 Å². The molecule has 1 aromatic carbocycles. The van der Waals surface area contributed by atoms with Crippen LogP contribution in [0.1, 0.15) is 19.3 Å². The maximum Gasteiger partial charge on any atom is 0.222 e. The largest absolute Gasteiger partial charge is 0.494 e. The fraction of sp³-hybridized carbons (Fsp3) is 0.462. The van der Waals surface area contributed by atoms with E-state index in [1.54, 1.807) is 0 Å². The van der Waals surface area contributed by atoms with Gasteiger partial charge in [0.05, 0.1) is 6.61 Å². The summed E-state index contributed by atoms with van der Waals surface area (Å²) in [6.45, 7) is 2.42. The quantitative estimate of drug-likeness (QED) is 0.709. The molecule has 2 rings (SSSR count). The molecule has 0 atom stereocenters. The predicted octanol–water partition coefficient (Wildman–Crippen LogP) is 2.08. The highest BCUT2D eigenvalue weighted by atomic mass is 16.5. The number of hydrogen-bond acceptors (Lipinski definition) is 2. The van der Waals surface area contributed by atoms with Gasteiger partial charge in [0.2, 0.25) is 5.91 Å². The van der Waals surface area contributed by atoms with Gasteiger partial charge in [0, 0.05) is 19.5 Å². The van der Waals surface area contributed by atoms with E-state index in [-0.39, 0.29) is 0 Å². The Morgan fingerprint density at radius 3 is 2.75 bits per heavy atom. The maximum atomic E-state index is 11.3. The first-order valence-corrected chi connectivity index (χ1v) is 5.82. The number of likely N-dealkylation sites (tertiary alicyclic amines) is 1. The Kier molecular flexibility index (Phi) is 3.81. The lowest BCUT2D eigenvalue weighted by molar-refractivity contribution is -0.127. The Balaban J connectivity index is 1.64. The zero-order valence-electron chi connectivity index (χ0n) is 9.39. The summed E-state index contributed by atoms with van der Waals surface area (Å²) < 4.78 is 5.56. The molecule has 3 nitrogen and oxygen atoms in total. The van der Waals surface area contributed by atoms with Crippen LogP contribution >= 0.6 is 0 Å². The fourth-order valence-corrected chi connectivity index (χ4v) is 1.90. The second kappa shape index (κ2) is 5.54. The Hall–Kier alpha value is -1.51. The molecule has 1 fully saturated rings. The molecule has 1 aliphatic rings. The molecule has 0 spiro atoms. The molecule has 0 aromatic heterocycles. The average Bonchev–Trinajstić information content (AvgIpc) is 2.72. The molecule has 16 heavy (non-hydrogen) atoms. The van der Waals surface area contributed by atoms with Crippen molar-refractivity contribution in [1.82, 2.24) is 4.90 Å². The number of carbonyl (C=O) groups is 1. The number of amides is 1. The van der Waals surface area contributed by atoms with Crippen molar-refractivity contribution in [1.29, 1.82) is 0 Å². The molecular formula is C13H17NO2. The van der Waals surface area contributed by atoms with Gasteiger partial charge in [0.1, 0.15) is 5.75 Å². The summed E-state index contributed by atoms with van der Waals surface area (Å²) in [7, 11) is 0. The van der Waals surface area contributed by atoms with Crippen molar-refractivity contribution in [2.75, 3.05) is 19.7 Å². The van der Waals surface area contributed by atoms with Gasteiger partial charge in [-0.2, -0.15) is 0 Å². The van der Waals surface area contributed by atoms with Crippen molar-refractivity contribution >= 4 is 5.91 Å². The summed E-state index contributed by atoms with van der Waals surface area (Å²) >= 11 is 0. The third-order valence-corrected chi connectivity index (χ3v) is 2.76. The van der Waals surface area contributed by atoms with Gasteiger partial charge in [-0.1, -0.05) is 18.2 Å². The van der Waals surface area contributed by atoms with Crippen molar-refractivity contribution in [3.63, 3.8) is 0 Å². The fourth-order valence-electron chi connectivity index (χ4n) is 1.90. The molecule has 1 heterocycles. The number of nitrogens with zero attached hydrogens (tertiary/aromatic N) is 1. The van der Waals surface area contributed by atoms with Gasteiger partial charge >= 0.3 is 0 Å². The Bertz CT molecular complexity index is 337. The molecular weight excluding hydrogens is 202 g/mol. The summed E-state index contributed by atoms with van der Waals surface area (Å²) in [5, 5.41) is 0. The van der Waals surface area contributed by atoms with E-state index in [1.165, 1.54) is 0 Å². The summed E-state index contributed by atoms with van der Waals surface area (Å²) in [5.74, 6) is 1.19. The molecule has 3 heteroatoms. The molecule has 0 radical (unpaired) electrons. The van der Waals surface area contributed by atoms with Crippen molar-refractivity contribution in [3.05, 3.63) is 30.3 Å². The van der Waals surface area contributed by atoms with Crippen molar-refractivity contribution in [3.8, 4) is 5.75 Å². The minimum atomic E-state index is 0.291. The summed E-state index contributed by atoms with van der Waals surface area (Å²) in [6.07, 6.45) is 2.64. The standard InChI is InChI=1S/C13H17NO2/c15-13-8-4-9-14(13)10-5-11-16-12-6-2-1-3-7-12/h1-3,6-7H,4-5,8-11H2. The molecule has 1 aliphatic heterocycles. The van der Waals surface area contributed by atoms with Crippen LogP contribution in [0.25, 0.3) is 0 Å². The van der Waals surface area contributed by atoms with Gasteiger partial charge in [-0.3, -0.25) is 4.79 Å². The highest BCUT2D eigenvalue weighted by Crippen LogP contribution is 2.11. The highest BCUT2D eigenvalue weighted by molar-refractivity contribution is 5.77. The lowest BCUT2D eigenvalue weighted by Gasteiger charge is -2.15. The molecule has 0 N–H and O–H groups in total. The van der Waals surface area contributed by atoms with E-state index < -0.39 is 0 Å². The normalized spacial score (nSPS) is 15.5. The average molecular weight is 219 g/mol. The van der Waals surface area contributed by atoms with E-state index in [0.29, 0.717) is 12.5 Å². The molecule has 1 amide bonds. The highest BCUT2D eigenvalue weighted by Gasteiger charge is 2.18. The lowest BCUT2D eigenvalue weighted by atomic mass is 10.3. The smallest absolute Gasteiger partial charge is 0.222 e. The van der Waals surface area contributed by atoms with Crippen LogP contribution in [0, 0.1) is 0 Å². The van der Waals surface area contributed by atoms with Gasteiger partial charge in [-0.15, -0.1) is 0 Å². The van der Waals surface area contributed by atoms with Crippen molar-refractivity contribution in [2.24, 2.45) is 0 Å². The maximum absolute atomic E-state index is 11.3. The summed E-state index contributed by atoms with van der Waals surface area (Å²) in [6, 6.07) is 9.77. The predicted molar refractivity (Wildman–Crippen MR) is 62.4 cm³/mol. The van der Waals surface area contributed by atoms with E-state index in [4.69, 9.17) is 4.74 Å². The first kappa shape index (κ1) is 11.0. The Morgan fingerprint density at radius 1 is 1.25 bits per heavy atom. The number of para-hydroxylation sites is 1. The van der Waals surface area contributed by atoms with Gasteiger partial charge in [0.15, 0.2) is 0 Å². The molecule has 0 saturated carbocycles. The van der Waals surface area contributed by atoms with Crippen LogP contribution in [-0.4, -0.2) is 30.5 Å². The van der Waals surface area contributed by atoms with Gasteiger partial charge in [-0.25, -0.2) is 0 Å². The van der Waals surface area contributed by atoms with Crippen LogP contribution in [0.4, 0.5) is 0 Å². The number of hydrogen-bond donors (Lipinski definition) is 0. The Morgan fingerprint density at radius 2 is 2.06 bits per heavy atom. The number of rotatable bonds is 5. The topological polar surface area (TPSA) is 29.5 Å². The Labute approximate surface area is 96.0 Å². The monoisotopic (exact) mass is 219 g/mol. The molecule has 86 valence electrons. The minimum Gasteiger partial charge on any atom is -0.494 e. The SMILES string of the molecule is O=C1CCCN1CCCOc1ccccc1. The zero-order valence-corrected chi connectivity index (χ0v) is 9.39. The molecule has 1 aromatic rings. The molecule has 0 unspecified atom stereocenters. The first-order chi connectivity index (χ1) is 7.86. The number of carbonyl (C=O) groups excluding carboxylic acids is 1. The number of benzene rings is 1. The summed E-state index contributed by atoms with van der Waals surface area (Å²) in [4.78, 5) is 13.2. The number of ether oxygens (including phenoxy) is 1. The molecule has 1 saturated heterocycles. The zero-order chi connectivity index (χ0) is 11.2. The molecule has 0 bridgehead atoms. The third-order valence-electron chi connectivity index (χ3n) is 2.76. The van der Waals surface area contributed by atoms with E-state index in [9.17, 15) is 4.79 Å². The van der Waals surface area contributed by atoms with Crippen LogP contribution in [0.15, 0.2) is 30.3 Å². The second-order valence-electron chi connectivity index (χ2n) is 4.00. The van der Waals surface area contributed by atoms with Crippen LogP contribution in [0.3, 0.4) is 0 Å². The van der Waals surface area contributed by atoms with Crippen LogP contribution < -0.4 is 4.74 Å². The van der Waals surface area contributed by atoms with Gasteiger partial charge < -0.3 is 9.64 Å². The van der Waals surface area contributed by atoms with Crippen LogP contribution in [0.5, 0.6) is 5.75 Å². The van der Waals surface area contributed by atoms with Gasteiger partial charge in [-0.05, 0) is 25.0 Å². The van der Waals surface area contributed by atoms with E-state index >= 15 is 0 Å². The van der Waals surface area contributed by atoms with Crippen molar-refractivity contribution < 1.29 is 9.53 Å². The van der Waals surface area contributed by atoms with Crippen molar-refractivity contribution in [2.45, 2.75) is 19.3 Å². The van der Waals surface area contributed by atoms with E-state index in [1.807, 2.05) is 35.2 Å². The summed E-state index contributed by atoms with van der Waals surface area (Å²) in [5.41, 5.74) is 0. The second-order valence-corrected chi connectivity index (χ2v) is 4.00. The van der Waals surface area contributed by atoms with Crippen LogP contribution in [0.2, 0.25) is 0 Å². The van der Waals surface area contributed by atoms with Crippen LogP contribution in [-0.2, 0) is 4.79 Å². The lowest BCUT2D eigenvalue weighted by Crippen LogP contribution is -2.26. The van der Waals surface area contributed by atoms with E-state index in [0.717, 1.165) is 38.1 Å². The molecule has 0 aliphatic carbocycles. The van der Waals surface area contributed by atoms with Gasteiger partial charge in [0.25, 0.3) is 0 Å².